The predicted molar refractivity (Wildman–Crippen MR) is 75.7 cm³/mol. The van der Waals surface area contributed by atoms with E-state index in [1.165, 1.54) is 38.8 Å². The SMILES string of the molecule is CC(C)(C)NCC(=O)NCCN1CCCCCC1. The van der Waals surface area contributed by atoms with Gasteiger partial charge in [-0.2, -0.15) is 0 Å². The summed E-state index contributed by atoms with van der Waals surface area (Å²) in [6.07, 6.45) is 5.33. The molecule has 0 unspecified atom stereocenters. The molecule has 1 aliphatic rings. The molecular weight excluding hydrogens is 226 g/mol. The fourth-order valence-electron chi connectivity index (χ4n) is 2.12. The van der Waals surface area contributed by atoms with Gasteiger partial charge in [0.05, 0.1) is 6.54 Å². The first-order valence-corrected chi connectivity index (χ1v) is 7.21. The van der Waals surface area contributed by atoms with Crippen LogP contribution >= 0.6 is 0 Å². The Kier molecular flexibility index (Phi) is 6.65. The summed E-state index contributed by atoms with van der Waals surface area (Å²) in [5.74, 6) is 0.0970. The van der Waals surface area contributed by atoms with Crippen molar-refractivity contribution < 1.29 is 4.79 Å². The predicted octanol–water partition coefficient (Wildman–Crippen LogP) is 1.37. The Balaban J connectivity index is 2.07. The number of hydrogen-bond donors (Lipinski definition) is 2. The number of carbonyl (C=O) groups excluding carboxylic acids is 1. The van der Waals surface area contributed by atoms with Crippen LogP contribution < -0.4 is 10.6 Å². The van der Waals surface area contributed by atoms with Gasteiger partial charge in [-0.3, -0.25) is 4.79 Å². The fourth-order valence-corrected chi connectivity index (χ4v) is 2.12. The van der Waals surface area contributed by atoms with Crippen molar-refractivity contribution in [3.8, 4) is 0 Å². The van der Waals surface area contributed by atoms with Crippen molar-refractivity contribution in [2.24, 2.45) is 0 Å². The van der Waals surface area contributed by atoms with Gasteiger partial charge >= 0.3 is 0 Å². The van der Waals surface area contributed by atoms with E-state index in [4.69, 9.17) is 0 Å². The fraction of sp³-hybridized carbons (Fsp3) is 0.929. The minimum absolute atomic E-state index is 0.00211. The number of nitrogens with one attached hydrogen (secondary N) is 2. The molecule has 1 aliphatic heterocycles. The zero-order chi connectivity index (χ0) is 13.4. The number of nitrogens with zero attached hydrogens (tertiary/aromatic N) is 1. The van der Waals surface area contributed by atoms with E-state index in [0.29, 0.717) is 6.54 Å². The van der Waals surface area contributed by atoms with E-state index < -0.39 is 0 Å². The molecule has 4 heteroatoms. The number of hydrogen-bond acceptors (Lipinski definition) is 3. The second-order valence-corrected chi connectivity index (χ2v) is 6.21. The van der Waals surface area contributed by atoms with E-state index in [0.717, 1.165) is 13.1 Å². The van der Waals surface area contributed by atoms with Crippen LogP contribution in [0.4, 0.5) is 0 Å². The summed E-state index contributed by atoms with van der Waals surface area (Å²) in [4.78, 5) is 14.1. The highest BCUT2D eigenvalue weighted by Crippen LogP contribution is 2.08. The van der Waals surface area contributed by atoms with Crippen molar-refractivity contribution in [1.82, 2.24) is 15.5 Å². The first kappa shape index (κ1) is 15.4. The number of likely N-dealkylation sites (tertiary alicyclic amines) is 1. The highest BCUT2D eigenvalue weighted by Gasteiger charge is 2.12. The van der Waals surface area contributed by atoms with E-state index in [-0.39, 0.29) is 11.4 Å². The molecule has 0 bridgehead atoms. The minimum Gasteiger partial charge on any atom is -0.354 e. The van der Waals surface area contributed by atoms with E-state index >= 15 is 0 Å². The molecule has 1 amide bonds. The highest BCUT2D eigenvalue weighted by atomic mass is 16.1. The van der Waals surface area contributed by atoms with E-state index in [1.54, 1.807) is 0 Å². The van der Waals surface area contributed by atoms with Crippen molar-refractivity contribution in [2.45, 2.75) is 52.0 Å². The Labute approximate surface area is 111 Å². The molecule has 0 aromatic rings. The standard InChI is InChI=1S/C14H29N3O/c1-14(2,3)16-12-13(18)15-8-11-17-9-6-4-5-7-10-17/h16H,4-12H2,1-3H3,(H,15,18). The van der Waals surface area contributed by atoms with E-state index in [9.17, 15) is 4.79 Å². The van der Waals surface area contributed by atoms with Crippen LogP contribution in [0.15, 0.2) is 0 Å². The summed E-state index contributed by atoms with van der Waals surface area (Å²) in [5.41, 5.74) is 0.00211. The molecule has 0 aromatic heterocycles. The second-order valence-electron chi connectivity index (χ2n) is 6.21. The van der Waals surface area contributed by atoms with Gasteiger partial charge in [0.2, 0.25) is 5.91 Å². The topological polar surface area (TPSA) is 44.4 Å². The van der Waals surface area contributed by atoms with Gasteiger partial charge in [0.1, 0.15) is 0 Å². The molecular formula is C14H29N3O. The highest BCUT2D eigenvalue weighted by molar-refractivity contribution is 5.78. The molecule has 0 spiro atoms. The monoisotopic (exact) mass is 255 g/mol. The van der Waals surface area contributed by atoms with Crippen LogP contribution in [0, 0.1) is 0 Å². The quantitative estimate of drug-likeness (QED) is 0.780. The molecule has 4 nitrogen and oxygen atoms in total. The van der Waals surface area contributed by atoms with Crippen LogP contribution in [0.25, 0.3) is 0 Å². The molecule has 18 heavy (non-hydrogen) atoms. The third kappa shape index (κ3) is 7.67. The molecule has 2 N–H and O–H groups in total. The maximum atomic E-state index is 11.6. The second kappa shape index (κ2) is 7.74. The minimum atomic E-state index is 0.00211. The van der Waals surface area contributed by atoms with Crippen molar-refractivity contribution in [1.29, 1.82) is 0 Å². The van der Waals surface area contributed by atoms with Crippen LogP contribution in [0.1, 0.15) is 46.5 Å². The Morgan fingerprint density at radius 3 is 2.28 bits per heavy atom. The van der Waals surface area contributed by atoms with Gasteiger partial charge in [-0.25, -0.2) is 0 Å². The van der Waals surface area contributed by atoms with Crippen molar-refractivity contribution in [3.63, 3.8) is 0 Å². The van der Waals surface area contributed by atoms with Crippen LogP contribution in [0.5, 0.6) is 0 Å². The van der Waals surface area contributed by atoms with Crippen molar-refractivity contribution in [2.75, 3.05) is 32.7 Å². The summed E-state index contributed by atoms with van der Waals surface area (Å²) in [7, 11) is 0. The summed E-state index contributed by atoms with van der Waals surface area (Å²) >= 11 is 0. The Bertz CT molecular complexity index is 240. The maximum Gasteiger partial charge on any atom is 0.234 e. The lowest BCUT2D eigenvalue weighted by atomic mass is 10.1. The molecule has 0 aromatic carbocycles. The first-order valence-electron chi connectivity index (χ1n) is 7.21. The Hall–Kier alpha value is -0.610. The number of amides is 1. The molecule has 1 rings (SSSR count). The summed E-state index contributed by atoms with van der Waals surface area (Å²) in [6.45, 7) is 10.7. The largest absolute Gasteiger partial charge is 0.354 e. The van der Waals surface area contributed by atoms with Gasteiger partial charge in [0, 0.05) is 18.6 Å². The van der Waals surface area contributed by atoms with Gasteiger partial charge in [-0.05, 0) is 46.7 Å². The number of rotatable bonds is 5. The van der Waals surface area contributed by atoms with Gasteiger partial charge < -0.3 is 15.5 Å². The van der Waals surface area contributed by atoms with E-state index in [1.807, 2.05) is 0 Å². The molecule has 0 radical (unpaired) electrons. The molecule has 1 saturated heterocycles. The van der Waals surface area contributed by atoms with Gasteiger partial charge in [-0.1, -0.05) is 12.8 Å². The average molecular weight is 255 g/mol. The van der Waals surface area contributed by atoms with Gasteiger partial charge in [0.25, 0.3) is 0 Å². The molecule has 106 valence electrons. The average Bonchev–Trinajstić information content (AvgIpc) is 2.54. The lowest BCUT2D eigenvalue weighted by Crippen LogP contribution is -2.44. The van der Waals surface area contributed by atoms with E-state index in [2.05, 4.69) is 36.3 Å². The summed E-state index contributed by atoms with van der Waals surface area (Å²) in [5, 5.41) is 6.17. The summed E-state index contributed by atoms with van der Waals surface area (Å²) in [6, 6.07) is 0. The zero-order valence-corrected chi connectivity index (χ0v) is 12.2. The molecule has 1 fully saturated rings. The molecule has 1 heterocycles. The Morgan fingerprint density at radius 2 is 1.72 bits per heavy atom. The zero-order valence-electron chi connectivity index (χ0n) is 12.2. The summed E-state index contributed by atoms with van der Waals surface area (Å²) < 4.78 is 0. The third-order valence-electron chi connectivity index (χ3n) is 3.23. The number of carbonyl (C=O) groups is 1. The molecule has 0 atom stereocenters. The van der Waals surface area contributed by atoms with Crippen molar-refractivity contribution >= 4 is 5.91 Å². The molecule has 0 saturated carbocycles. The molecule has 0 aliphatic carbocycles. The van der Waals surface area contributed by atoms with Crippen LogP contribution in [-0.4, -0.2) is 49.1 Å². The Morgan fingerprint density at radius 1 is 1.11 bits per heavy atom. The third-order valence-corrected chi connectivity index (χ3v) is 3.23. The van der Waals surface area contributed by atoms with Crippen molar-refractivity contribution in [3.05, 3.63) is 0 Å². The normalized spacial score (nSPS) is 18.4. The first-order chi connectivity index (χ1) is 8.47. The van der Waals surface area contributed by atoms with Crippen LogP contribution in [0.3, 0.4) is 0 Å². The van der Waals surface area contributed by atoms with Gasteiger partial charge in [-0.15, -0.1) is 0 Å². The lowest BCUT2D eigenvalue weighted by Gasteiger charge is -2.21. The van der Waals surface area contributed by atoms with Gasteiger partial charge in [0.15, 0.2) is 0 Å². The van der Waals surface area contributed by atoms with Crippen LogP contribution in [-0.2, 0) is 4.79 Å². The van der Waals surface area contributed by atoms with Crippen LogP contribution in [0.2, 0.25) is 0 Å². The maximum absolute atomic E-state index is 11.6. The lowest BCUT2D eigenvalue weighted by molar-refractivity contribution is -0.120. The smallest absolute Gasteiger partial charge is 0.234 e.